The highest BCUT2D eigenvalue weighted by Crippen LogP contribution is 2.13. The van der Waals surface area contributed by atoms with Gasteiger partial charge in [-0.15, -0.1) is 0 Å². The van der Waals surface area contributed by atoms with E-state index in [0.29, 0.717) is 23.1 Å². The third kappa shape index (κ3) is 2.82. The first-order valence-electron chi connectivity index (χ1n) is 7.10. The molecule has 0 unspecified atom stereocenters. The van der Waals surface area contributed by atoms with E-state index in [1.54, 1.807) is 12.1 Å². The van der Waals surface area contributed by atoms with E-state index in [2.05, 4.69) is 24.4 Å². The lowest BCUT2D eigenvalue weighted by atomic mass is 10.1. The number of fused-ring (bicyclic) bond motifs is 1. The standard InChI is InChI=1S/C18H17NO2/c1-2-13-7-9-15(10-8-13)19-11-14-12-21-17-6-4-3-5-16(17)18(14)20/h3-10,12,19H,2,11H2,1H3. The number of anilines is 1. The van der Waals surface area contributed by atoms with Gasteiger partial charge in [-0.2, -0.15) is 0 Å². The second-order valence-electron chi connectivity index (χ2n) is 4.99. The van der Waals surface area contributed by atoms with E-state index in [-0.39, 0.29) is 5.43 Å². The first-order valence-corrected chi connectivity index (χ1v) is 7.10. The molecule has 0 atom stereocenters. The zero-order valence-corrected chi connectivity index (χ0v) is 11.9. The van der Waals surface area contributed by atoms with Crippen LogP contribution in [0.15, 0.2) is 64.0 Å². The summed E-state index contributed by atoms with van der Waals surface area (Å²) < 4.78 is 5.51. The van der Waals surface area contributed by atoms with Gasteiger partial charge >= 0.3 is 0 Å². The summed E-state index contributed by atoms with van der Waals surface area (Å²) >= 11 is 0. The highest BCUT2D eigenvalue weighted by Gasteiger charge is 2.06. The lowest BCUT2D eigenvalue weighted by Gasteiger charge is -2.07. The molecule has 0 saturated heterocycles. The summed E-state index contributed by atoms with van der Waals surface area (Å²) in [6, 6.07) is 15.5. The van der Waals surface area contributed by atoms with Crippen LogP contribution in [0.4, 0.5) is 5.69 Å². The molecule has 2 aromatic carbocycles. The molecule has 1 aromatic heterocycles. The Morgan fingerprint density at radius 1 is 1.05 bits per heavy atom. The topological polar surface area (TPSA) is 42.2 Å². The molecule has 0 spiro atoms. The molecule has 106 valence electrons. The lowest BCUT2D eigenvalue weighted by Crippen LogP contribution is -2.12. The summed E-state index contributed by atoms with van der Waals surface area (Å²) in [4.78, 5) is 12.4. The summed E-state index contributed by atoms with van der Waals surface area (Å²) in [7, 11) is 0. The second kappa shape index (κ2) is 5.83. The molecule has 3 nitrogen and oxygen atoms in total. The fourth-order valence-corrected chi connectivity index (χ4v) is 2.30. The molecule has 0 aliphatic rings. The number of para-hydroxylation sites is 1. The number of benzene rings is 2. The van der Waals surface area contributed by atoms with Crippen molar-refractivity contribution in [3.05, 3.63) is 76.1 Å². The van der Waals surface area contributed by atoms with Crippen LogP contribution in [0.2, 0.25) is 0 Å². The molecule has 0 radical (unpaired) electrons. The van der Waals surface area contributed by atoms with Crippen molar-refractivity contribution in [2.45, 2.75) is 19.9 Å². The van der Waals surface area contributed by atoms with Crippen LogP contribution in [0, 0.1) is 0 Å². The predicted molar refractivity (Wildman–Crippen MR) is 85.6 cm³/mol. The summed E-state index contributed by atoms with van der Waals surface area (Å²) in [5, 5.41) is 3.88. The van der Waals surface area contributed by atoms with Gasteiger partial charge < -0.3 is 9.73 Å². The molecule has 0 aliphatic heterocycles. The second-order valence-corrected chi connectivity index (χ2v) is 4.99. The fraction of sp³-hybridized carbons (Fsp3) is 0.167. The van der Waals surface area contributed by atoms with Crippen molar-refractivity contribution in [2.24, 2.45) is 0 Å². The number of hydrogen-bond donors (Lipinski definition) is 1. The number of nitrogens with one attached hydrogen (secondary N) is 1. The fourth-order valence-electron chi connectivity index (χ4n) is 2.30. The molecule has 3 rings (SSSR count). The van der Waals surface area contributed by atoms with Crippen LogP contribution >= 0.6 is 0 Å². The van der Waals surface area contributed by atoms with E-state index >= 15 is 0 Å². The maximum atomic E-state index is 12.4. The Balaban J connectivity index is 1.81. The highest BCUT2D eigenvalue weighted by atomic mass is 16.3. The zero-order chi connectivity index (χ0) is 14.7. The minimum absolute atomic E-state index is 0.0227. The van der Waals surface area contributed by atoms with Crippen LogP contribution in [0.25, 0.3) is 11.0 Å². The van der Waals surface area contributed by atoms with Crippen molar-refractivity contribution in [1.82, 2.24) is 0 Å². The quantitative estimate of drug-likeness (QED) is 0.785. The highest BCUT2D eigenvalue weighted by molar-refractivity contribution is 5.76. The Morgan fingerprint density at radius 3 is 2.57 bits per heavy atom. The first kappa shape index (κ1) is 13.4. The molecular weight excluding hydrogens is 262 g/mol. The molecule has 0 fully saturated rings. The van der Waals surface area contributed by atoms with Crippen molar-refractivity contribution in [3.63, 3.8) is 0 Å². The molecule has 1 N–H and O–H groups in total. The molecule has 21 heavy (non-hydrogen) atoms. The van der Waals surface area contributed by atoms with Gasteiger partial charge in [0.25, 0.3) is 0 Å². The molecule has 3 heteroatoms. The smallest absolute Gasteiger partial charge is 0.197 e. The van der Waals surface area contributed by atoms with E-state index in [9.17, 15) is 4.79 Å². The molecule has 1 heterocycles. The Kier molecular flexibility index (Phi) is 3.73. The van der Waals surface area contributed by atoms with E-state index in [4.69, 9.17) is 4.42 Å². The Labute approximate surface area is 123 Å². The monoisotopic (exact) mass is 279 g/mol. The van der Waals surface area contributed by atoms with Crippen LogP contribution in [0.3, 0.4) is 0 Å². The van der Waals surface area contributed by atoms with Crippen molar-refractivity contribution in [3.8, 4) is 0 Å². The van der Waals surface area contributed by atoms with Gasteiger partial charge in [-0.25, -0.2) is 0 Å². The van der Waals surface area contributed by atoms with Crippen LogP contribution in [-0.4, -0.2) is 0 Å². The number of aryl methyl sites for hydroxylation is 1. The van der Waals surface area contributed by atoms with Crippen LogP contribution < -0.4 is 10.7 Å². The van der Waals surface area contributed by atoms with Crippen molar-refractivity contribution in [2.75, 3.05) is 5.32 Å². The van der Waals surface area contributed by atoms with Crippen LogP contribution in [0.1, 0.15) is 18.1 Å². The summed E-state index contributed by atoms with van der Waals surface area (Å²) in [6.45, 7) is 2.58. The van der Waals surface area contributed by atoms with Gasteiger partial charge in [0.1, 0.15) is 5.58 Å². The predicted octanol–water partition coefficient (Wildman–Crippen LogP) is 3.97. The van der Waals surface area contributed by atoms with Gasteiger partial charge in [-0.05, 0) is 36.2 Å². The molecular formula is C18H17NO2. The summed E-state index contributed by atoms with van der Waals surface area (Å²) in [6.07, 6.45) is 2.56. The third-order valence-corrected chi connectivity index (χ3v) is 3.60. The average molecular weight is 279 g/mol. The van der Waals surface area contributed by atoms with E-state index in [0.717, 1.165) is 12.1 Å². The zero-order valence-electron chi connectivity index (χ0n) is 11.9. The molecule has 3 aromatic rings. The minimum atomic E-state index is 0.0227. The maximum absolute atomic E-state index is 12.4. The third-order valence-electron chi connectivity index (χ3n) is 3.60. The largest absolute Gasteiger partial charge is 0.464 e. The SMILES string of the molecule is CCc1ccc(NCc2coc3ccccc3c2=O)cc1. The van der Waals surface area contributed by atoms with Crippen LogP contribution in [0.5, 0.6) is 0 Å². The van der Waals surface area contributed by atoms with E-state index < -0.39 is 0 Å². The lowest BCUT2D eigenvalue weighted by molar-refractivity contribution is 0.594. The average Bonchev–Trinajstić information content (AvgIpc) is 2.55. The Bertz CT molecular complexity index is 803. The van der Waals surface area contributed by atoms with E-state index in [1.807, 2.05) is 24.3 Å². The Hall–Kier alpha value is -2.55. The molecule has 0 bridgehead atoms. The maximum Gasteiger partial charge on any atom is 0.197 e. The number of hydrogen-bond acceptors (Lipinski definition) is 3. The minimum Gasteiger partial charge on any atom is -0.464 e. The van der Waals surface area contributed by atoms with Gasteiger partial charge in [-0.1, -0.05) is 31.2 Å². The van der Waals surface area contributed by atoms with Gasteiger partial charge in [0, 0.05) is 12.2 Å². The normalized spacial score (nSPS) is 10.7. The van der Waals surface area contributed by atoms with Gasteiger partial charge in [-0.3, -0.25) is 4.79 Å². The van der Waals surface area contributed by atoms with Crippen molar-refractivity contribution >= 4 is 16.7 Å². The van der Waals surface area contributed by atoms with Gasteiger partial charge in [0.05, 0.1) is 17.2 Å². The summed E-state index contributed by atoms with van der Waals surface area (Å²) in [5.74, 6) is 0. The van der Waals surface area contributed by atoms with Crippen molar-refractivity contribution in [1.29, 1.82) is 0 Å². The van der Waals surface area contributed by atoms with Crippen molar-refractivity contribution < 1.29 is 4.42 Å². The van der Waals surface area contributed by atoms with Gasteiger partial charge in [0.15, 0.2) is 5.43 Å². The van der Waals surface area contributed by atoms with Crippen LogP contribution in [-0.2, 0) is 13.0 Å². The van der Waals surface area contributed by atoms with E-state index in [1.165, 1.54) is 11.8 Å². The molecule has 0 saturated carbocycles. The number of rotatable bonds is 4. The first-order chi connectivity index (χ1) is 10.3. The Morgan fingerprint density at radius 2 is 1.81 bits per heavy atom. The molecule has 0 amide bonds. The molecule has 0 aliphatic carbocycles. The van der Waals surface area contributed by atoms with Gasteiger partial charge in [0.2, 0.25) is 0 Å². The summed E-state index contributed by atoms with van der Waals surface area (Å²) in [5.41, 5.74) is 3.58.